The van der Waals surface area contributed by atoms with E-state index in [4.69, 9.17) is 4.74 Å². The summed E-state index contributed by atoms with van der Waals surface area (Å²) in [5.74, 6) is -0.658. The van der Waals surface area contributed by atoms with Crippen LogP contribution >= 0.6 is 0 Å². The van der Waals surface area contributed by atoms with Crippen molar-refractivity contribution in [3.8, 4) is 0 Å². The van der Waals surface area contributed by atoms with E-state index in [0.29, 0.717) is 5.56 Å². The van der Waals surface area contributed by atoms with Gasteiger partial charge in [-0.2, -0.15) is 0 Å². The normalized spacial score (nSPS) is 16.0. The molecule has 2 aromatic carbocycles. The smallest absolute Gasteiger partial charge is 0.363 e. The molecule has 3 rings (SSSR count). The Hall–Kier alpha value is -2.75. The highest BCUT2D eigenvalue weighted by Crippen LogP contribution is 2.19. The average Bonchev–Trinajstić information content (AvgIpc) is 2.81. The largest absolute Gasteiger partial charge is 0.402 e. The van der Waals surface area contributed by atoms with E-state index in [1.807, 2.05) is 31.2 Å². The number of hydrogen-bond acceptors (Lipinski definition) is 3. The van der Waals surface area contributed by atoms with Gasteiger partial charge in [0.05, 0.1) is 0 Å². The van der Waals surface area contributed by atoms with Crippen LogP contribution in [0.2, 0.25) is 0 Å². The average molecular weight is 281 g/mol. The zero-order chi connectivity index (χ0) is 14.8. The van der Waals surface area contributed by atoms with Crippen LogP contribution in [0, 0.1) is 12.7 Å². The van der Waals surface area contributed by atoms with Gasteiger partial charge in [-0.3, -0.25) is 0 Å². The van der Waals surface area contributed by atoms with Gasteiger partial charge in [-0.05, 0) is 42.8 Å². The third-order valence-electron chi connectivity index (χ3n) is 3.06. The Kier molecular flexibility index (Phi) is 3.36. The Morgan fingerprint density at radius 3 is 2.62 bits per heavy atom. The monoisotopic (exact) mass is 281 g/mol. The SMILES string of the molecule is Cc1cccc(/C=C2/N=C(c3ccc(F)cc3)OC2=O)c1. The van der Waals surface area contributed by atoms with E-state index in [1.165, 1.54) is 24.3 Å². The molecule has 1 heterocycles. The Balaban J connectivity index is 1.93. The van der Waals surface area contributed by atoms with Crippen LogP contribution in [-0.4, -0.2) is 11.9 Å². The van der Waals surface area contributed by atoms with Crippen LogP contribution in [0.15, 0.2) is 59.2 Å². The number of carbonyl (C=O) groups excluding carboxylic acids is 1. The van der Waals surface area contributed by atoms with E-state index >= 15 is 0 Å². The maximum atomic E-state index is 12.9. The molecule has 0 saturated heterocycles. The van der Waals surface area contributed by atoms with E-state index in [-0.39, 0.29) is 17.4 Å². The molecule has 0 spiro atoms. The van der Waals surface area contributed by atoms with Crippen molar-refractivity contribution in [2.45, 2.75) is 6.92 Å². The summed E-state index contributed by atoms with van der Waals surface area (Å²) >= 11 is 0. The van der Waals surface area contributed by atoms with E-state index in [1.54, 1.807) is 6.08 Å². The Labute approximate surface area is 121 Å². The van der Waals surface area contributed by atoms with E-state index in [0.717, 1.165) is 11.1 Å². The third-order valence-corrected chi connectivity index (χ3v) is 3.06. The van der Waals surface area contributed by atoms with Crippen molar-refractivity contribution in [3.63, 3.8) is 0 Å². The van der Waals surface area contributed by atoms with Crippen molar-refractivity contribution >= 4 is 17.9 Å². The molecule has 0 radical (unpaired) electrons. The lowest BCUT2D eigenvalue weighted by molar-refractivity contribution is -0.129. The number of aryl methyl sites for hydroxylation is 1. The molecule has 2 aromatic rings. The van der Waals surface area contributed by atoms with Gasteiger partial charge in [-0.25, -0.2) is 14.2 Å². The highest BCUT2D eigenvalue weighted by Gasteiger charge is 2.24. The molecular weight excluding hydrogens is 269 g/mol. The minimum Gasteiger partial charge on any atom is -0.402 e. The maximum Gasteiger partial charge on any atom is 0.363 e. The fourth-order valence-electron chi connectivity index (χ4n) is 2.04. The van der Waals surface area contributed by atoms with Crippen LogP contribution in [0.25, 0.3) is 6.08 Å². The van der Waals surface area contributed by atoms with Gasteiger partial charge in [0, 0.05) is 5.56 Å². The van der Waals surface area contributed by atoms with E-state index < -0.39 is 5.97 Å². The summed E-state index contributed by atoms with van der Waals surface area (Å²) in [5, 5.41) is 0. The zero-order valence-corrected chi connectivity index (χ0v) is 11.3. The van der Waals surface area contributed by atoms with Crippen LogP contribution < -0.4 is 0 Å². The van der Waals surface area contributed by atoms with Gasteiger partial charge in [0.2, 0.25) is 5.90 Å². The second-order valence-corrected chi connectivity index (χ2v) is 4.76. The van der Waals surface area contributed by atoms with E-state index in [9.17, 15) is 9.18 Å². The predicted octanol–water partition coefficient (Wildman–Crippen LogP) is 3.48. The zero-order valence-electron chi connectivity index (χ0n) is 11.3. The number of rotatable bonds is 2. The number of ether oxygens (including phenoxy) is 1. The van der Waals surface area contributed by atoms with Gasteiger partial charge < -0.3 is 4.74 Å². The summed E-state index contributed by atoms with van der Waals surface area (Å²) in [6.45, 7) is 1.97. The topological polar surface area (TPSA) is 38.7 Å². The van der Waals surface area contributed by atoms with Gasteiger partial charge in [0.25, 0.3) is 0 Å². The highest BCUT2D eigenvalue weighted by atomic mass is 19.1. The second-order valence-electron chi connectivity index (χ2n) is 4.76. The number of cyclic esters (lactones) is 1. The molecule has 0 unspecified atom stereocenters. The molecule has 0 bridgehead atoms. The molecule has 4 heteroatoms. The molecule has 0 amide bonds. The molecular formula is C17H12FNO2. The molecule has 0 N–H and O–H groups in total. The van der Waals surface area contributed by atoms with Gasteiger partial charge in [-0.15, -0.1) is 0 Å². The highest BCUT2D eigenvalue weighted by molar-refractivity contribution is 6.12. The van der Waals surface area contributed by atoms with Gasteiger partial charge >= 0.3 is 5.97 Å². The number of benzene rings is 2. The molecule has 0 aliphatic carbocycles. The number of esters is 1. The lowest BCUT2D eigenvalue weighted by Gasteiger charge is -1.98. The van der Waals surface area contributed by atoms with Gasteiger partial charge in [-0.1, -0.05) is 29.8 Å². The minimum atomic E-state index is -0.504. The molecule has 0 aromatic heterocycles. The molecule has 0 atom stereocenters. The Morgan fingerprint density at radius 1 is 1.14 bits per heavy atom. The van der Waals surface area contributed by atoms with Crippen molar-refractivity contribution in [2.24, 2.45) is 4.99 Å². The van der Waals surface area contributed by atoms with Crippen molar-refractivity contribution in [3.05, 3.63) is 76.7 Å². The number of halogens is 1. The summed E-state index contributed by atoms with van der Waals surface area (Å²) in [4.78, 5) is 16.0. The first kappa shape index (κ1) is 13.2. The van der Waals surface area contributed by atoms with Crippen molar-refractivity contribution in [2.75, 3.05) is 0 Å². The van der Waals surface area contributed by atoms with Gasteiger partial charge in [0.1, 0.15) is 5.82 Å². The van der Waals surface area contributed by atoms with Crippen LogP contribution in [0.5, 0.6) is 0 Å². The standard InChI is InChI=1S/C17H12FNO2/c1-11-3-2-4-12(9-11)10-15-17(20)21-16(19-15)13-5-7-14(18)8-6-13/h2-10H,1H3/b15-10+. The molecule has 104 valence electrons. The van der Waals surface area contributed by atoms with Crippen LogP contribution in [0.1, 0.15) is 16.7 Å². The fourth-order valence-corrected chi connectivity index (χ4v) is 2.04. The van der Waals surface area contributed by atoms with Crippen molar-refractivity contribution in [1.82, 2.24) is 0 Å². The second kappa shape index (κ2) is 5.32. The first-order chi connectivity index (χ1) is 10.1. The van der Waals surface area contributed by atoms with Gasteiger partial charge in [0.15, 0.2) is 5.70 Å². The summed E-state index contributed by atoms with van der Waals surface area (Å²) in [7, 11) is 0. The Bertz CT molecular complexity index is 761. The summed E-state index contributed by atoms with van der Waals surface area (Å²) in [5.41, 5.74) is 2.78. The van der Waals surface area contributed by atoms with Crippen molar-refractivity contribution < 1.29 is 13.9 Å². The van der Waals surface area contributed by atoms with Crippen LogP contribution in [-0.2, 0) is 9.53 Å². The Morgan fingerprint density at radius 2 is 1.90 bits per heavy atom. The summed E-state index contributed by atoms with van der Waals surface area (Å²) in [6.07, 6.45) is 1.67. The first-order valence-electron chi connectivity index (χ1n) is 6.47. The molecule has 1 aliphatic heterocycles. The maximum absolute atomic E-state index is 12.9. The summed E-state index contributed by atoms with van der Waals surface area (Å²) in [6, 6.07) is 13.4. The first-order valence-corrected chi connectivity index (χ1v) is 6.47. The fraction of sp³-hybridized carbons (Fsp3) is 0.0588. The summed E-state index contributed by atoms with van der Waals surface area (Å²) < 4.78 is 18.0. The number of aliphatic imine (C=N–C) groups is 1. The number of nitrogens with zero attached hydrogens (tertiary/aromatic N) is 1. The lowest BCUT2D eigenvalue weighted by atomic mass is 10.1. The van der Waals surface area contributed by atoms with Crippen LogP contribution in [0.3, 0.4) is 0 Å². The van der Waals surface area contributed by atoms with Crippen LogP contribution in [0.4, 0.5) is 4.39 Å². The quantitative estimate of drug-likeness (QED) is 0.624. The number of hydrogen-bond donors (Lipinski definition) is 0. The lowest BCUT2D eigenvalue weighted by Crippen LogP contribution is -2.05. The third kappa shape index (κ3) is 2.89. The molecule has 3 nitrogen and oxygen atoms in total. The van der Waals surface area contributed by atoms with Crippen molar-refractivity contribution in [1.29, 1.82) is 0 Å². The number of carbonyl (C=O) groups is 1. The van der Waals surface area contributed by atoms with E-state index in [2.05, 4.69) is 4.99 Å². The molecule has 0 saturated carbocycles. The molecule has 0 fully saturated rings. The molecule has 21 heavy (non-hydrogen) atoms. The minimum absolute atomic E-state index is 0.193. The molecule has 1 aliphatic rings. The predicted molar refractivity (Wildman–Crippen MR) is 78.2 cm³/mol.